The Morgan fingerprint density at radius 1 is 0.920 bits per heavy atom. The number of thioether (sulfide) groups is 1. The minimum atomic E-state index is -0.637. The van der Waals surface area contributed by atoms with Crippen molar-refractivity contribution in [3.05, 3.63) is 71.2 Å². The molecule has 3 aromatic carbocycles. The zero-order valence-electron chi connectivity index (χ0n) is 13.0. The van der Waals surface area contributed by atoms with Crippen molar-refractivity contribution in [2.45, 2.75) is 5.37 Å². The van der Waals surface area contributed by atoms with Crippen molar-refractivity contribution >= 4 is 61.0 Å². The SMILES string of the molecule is O=C1S[C@@H](Nc2cccc3ccccc23)C(=O)N1c1ccc(Br)cc1. The molecule has 25 heavy (non-hydrogen) atoms. The lowest BCUT2D eigenvalue weighted by Gasteiger charge is -2.16. The number of carbonyl (C=O) groups is 2. The molecule has 4 nitrogen and oxygen atoms in total. The summed E-state index contributed by atoms with van der Waals surface area (Å²) in [4.78, 5) is 26.3. The van der Waals surface area contributed by atoms with Crippen molar-refractivity contribution in [2.75, 3.05) is 10.2 Å². The first-order valence-electron chi connectivity index (χ1n) is 7.68. The van der Waals surface area contributed by atoms with Crippen LogP contribution in [0.15, 0.2) is 71.2 Å². The largest absolute Gasteiger partial charge is 0.365 e. The second kappa shape index (κ2) is 6.54. The molecule has 0 bridgehead atoms. The molecule has 2 amide bonds. The molecule has 124 valence electrons. The predicted octanol–water partition coefficient (Wildman–Crippen LogP) is 5.24. The van der Waals surface area contributed by atoms with Gasteiger partial charge in [0.2, 0.25) is 0 Å². The maximum absolute atomic E-state index is 12.8. The molecule has 1 aliphatic heterocycles. The molecule has 0 spiro atoms. The Balaban J connectivity index is 1.63. The van der Waals surface area contributed by atoms with Crippen molar-refractivity contribution in [1.29, 1.82) is 0 Å². The van der Waals surface area contributed by atoms with Gasteiger partial charge in [-0.25, -0.2) is 4.90 Å². The molecule has 1 heterocycles. The van der Waals surface area contributed by atoms with Gasteiger partial charge in [-0.1, -0.05) is 52.3 Å². The number of carbonyl (C=O) groups excluding carboxylic acids is 2. The molecule has 6 heteroatoms. The summed E-state index contributed by atoms with van der Waals surface area (Å²) in [6, 6.07) is 20.9. The predicted molar refractivity (Wildman–Crippen MR) is 106 cm³/mol. The van der Waals surface area contributed by atoms with Crippen LogP contribution in [0.3, 0.4) is 0 Å². The van der Waals surface area contributed by atoms with E-state index in [0.29, 0.717) is 5.69 Å². The maximum Gasteiger partial charge on any atom is 0.295 e. The van der Waals surface area contributed by atoms with Gasteiger partial charge >= 0.3 is 0 Å². The van der Waals surface area contributed by atoms with Gasteiger partial charge in [0.25, 0.3) is 11.1 Å². The number of anilines is 2. The summed E-state index contributed by atoms with van der Waals surface area (Å²) in [6.45, 7) is 0. The molecule has 0 aliphatic carbocycles. The molecule has 1 N–H and O–H groups in total. The first kappa shape index (κ1) is 16.2. The fourth-order valence-corrected chi connectivity index (χ4v) is 3.98. The molecule has 1 fully saturated rings. The van der Waals surface area contributed by atoms with Gasteiger partial charge in [0, 0.05) is 15.5 Å². The summed E-state index contributed by atoms with van der Waals surface area (Å²) in [5, 5.41) is 4.41. The van der Waals surface area contributed by atoms with Crippen molar-refractivity contribution in [1.82, 2.24) is 0 Å². The molecule has 0 radical (unpaired) electrons. The molecule has 1 atom stereocenters. The summed E-state index contributed by atoms with van der Waals surface area (Å²) < 4.78 is 0.897. The second-order valence-corrected chi connectivity index (χ2v) is 7.56. The van der Waals surface area contributed by atoms with Gasteiger partial charge in [-0.15, -0.1) is 0 Å². The van der Waals surface area contributed by atoms with Crippen LogP contribution in [0.4, 0.5) is 16.2 Å². The number of hydrogen-bond donors (Lipinski definition) is 1. The monoisotopic (exact) mass is 412 g/mol. The highest BCUT2D eigenvalue weighted by Crippen LogP contribution is 2.34. The number of hydrogen-bond acceptors (Lipinski definition) is 4. The van der Waals surface area contributed by atoms with Crippen molar-refractivity contribution in [3.63, 3.8) is 0 Å². The zero-order chi connectivity index (χ0) is 17.4. The highest BCUT2D eigenvalue weighted by Gasteiger charge is 2.40. The summed E-state index contributed by atoms with van der Waals surface area (Å²) in [5.74, 6) is -0.259. The van der Waals surface area contributed by atoms with Gasteiger partial charge in [0.05, 0.1) is 5.69 Å². The van der Waals surface area contributed by atoms with Gasteiger partial charge in [0.1, 0.15) is 0 Å². The Morgan fingerprint density at radius 3 is 2.44 bits per heavy atom. The minimum absolute atomic E-state index is 0.259. The Kier molecular flexibility index (Phi) is 4.23. The molecular formula is C19H13BrN2O2S. The van der Waals surface area contributed by atoms with E-state index < -0.39 is 5.37 Å². The van der Waals surface area contributed by atoms with Crippen LogP contribution in [0.5, 0.6) is 0 Å². The molecule has 3 aromatic rings. The van der Waals surface area contributed by atoms with E-state index in [4.69, 9.17) is 0 Å². The third-order valence-corrected chi connectivity index (χ3v) is 5.48. The van der Waals surface area contributed by atoms with Gasteiger partial charge < -0.3 is 5.32 Å². The van der Waals surface area contributed by atoms with E-state index in [1.54, 1.807) is 12.1 Å². The van der Waals surface area contributed by atoms with E-state index in [1.165, 1.54) is 4.90 Å². The number of rotatable bonds is 3. The summed E-state index contributed by atoms with van der Waals surface area (Å²) in [6.07, 6.45) is 0. The van der Waals surface area contributed by atoms with Crippen molar-refractivity contribution < 1.29 is 9.59 Å². The fourth-order valence-electron chi connectivity index (χ4n) is 2.82. The molecule has 4 rings (SSSR count). The molecule has 0 saturated carbocycles. The molecule has 1 aliphatic rings. The normalized spacial score (nSPS) is 17.3. The number of benzene rings is 3. The Hall–Kier alpha value is -2.31. The van der Waals surface area contributed by atoms with E-state index in [2.05, 4.69) is 21.2 Å². The summed E-state index contributed by atoms with van der Waals surface area (Å²) in [7, 11) is 0. The van der Waals surface area contributed by atoms with Crippen LogP contribution in [-0.4, -0.2) is 16.5 Å². The fraction of sp³-hybridized carbons (Fsp3) is 0.0526. The average Bonchev–Trinajstić information content (AvgIpc) is 2.90. The number of halogens is 1. The number of amides is 2. The number of imide groups is 1. The third-order valence-electron chi connectivity index (χ3n) is 4.01. The van der Waals surface area contributed by atoms with Gasteiger partial charge in [-0.2, -0.15) is 0 Å². The second-order valence-electron chi connectivity index (χ2n) is 5.58. The van der Waals surface area contributed by atoms with Gasteiger partial charge in [0.15, 0.2) is 5.37 Å². The van der Waals surface area contributed by atoms with Crippen LogP contribution in [0, 0.1) is 0 Å². The number of fused-ring (bicyclic) bond motifs is 1. The third kappa shape index (κ3) is 3.03. The van der Waals surface area contributed by atoms with Crippen LogP contribution in [0.1, 0.15) is 0 Å². The van der Waals surface area contributed by atoms with Crippen molar-refractivity contribution in [3.8, 4) is 0 Å². The lowest BCUT2D eigenvalue weighted by molar-refractivity contribution is -0.116. The number of nitrogens with one attached hydrogen (secondary N) is 1. The van der Waals surface area contributed by atoms with Gasteiger partial charge in [-0.3, -0.25) is 9.59 Å². The lowest BCUT2D eigenvalue weighted by atomic mass is 10.1. The van der Waals surface area contributed by atoms with Crippen LogP contribution in [0.2, 0.25) is 0 Å². The minimum Gasteiger partial charge on any atom is -0.365 e. The van der Waals surface area contributed by atoms with E-state index in [9.17, 15) is 9.59 Å². The quantitative estimate of drug-likeness (QED) is 0.638. The van der Waals surface area contributed by atoms with Crippen LogP contribution < -0.4 is 10.2 Å². The standard InChI is InChI=1S/C19H13BrN2O2S/c20-13-8-10-14(11-9-13)22-18(23)17(25-19(22)24)21-16-7-3-5-12-4-1-2-6-15(12)16/h1-11,17,21H/t17-/m1/s1. The first-order valence-corrected chi connectivity index (χ1v) is 9.35. The first-order chi connectivity index (χ1) is 12.1. The molecule has 0 aromatic heterocycles. The van der Waals surface area contributed by atoms with E-state index in [-0.39, 0.29) is 11.1 Å². The lowest BCUT2D eigenvalue weighted by Crippen LogP contribution is -2.34. The van der Waals surface area contributed by atoms with E-state index in [1.807, 2.05) is 54.6 Å². The molecular weight excluding hydrogens is 400 g/mol. The van der Waals surface area contributed by atoms with Gasteiger partial charge in [-0.05, 0) is 47.5 Å². The average molecular weight is 413 g/mol. The van der Waals surface area contributed by atoms with Crippen LogP contribution in [-0.2, 0) is 4.79 Å². The Morgan fingerprint density at radius 2 is 1.64 bits per heavy atom. The Bertz CT molecular complexity index is 969. The van der Waals surface area contributed by atoms with Crippen LogP contribution in [0.25, 0.3) is 10.8 Å². The van der Waals surface area contributed by atoms with E-state index in [0.717, 1.165) is 32.7 Å². The van der Waals surface area contributed by atoms with E-state index >= 15 is 0 Å². The summed E-state index contributed by atoms with van der Waals surface area (Å²) >= 11 is 4.36. The number of nitrogens with zero attached hydrogens (tertiary/aromatic N) is 1. The topological polar surface area (TPSA) is 49.4 Å². The van der Waals surface area contributed by atoms with Crippen LogP contribution >= 0.6 is 27.7 Å². The molecule has 1 saturated heterocycles. The highest BCUT2D eigenvalue weighted by atomic mass is 79.9. The van der Waals surface area contributed by atoms with Crippen molar-refractivity contribution in [2.24, 2.45) is 0 Å². The maximum atomic E-state index is 12.8. The molecule has 0 unspecified atom stereocenters. The smallest absolute Gasteiger partial charge is 0.295 e. The highest BCUT2D eigenvalue weighted by molar-refractivity contribution is 9.10. The zero-order valence-corrected chi connectivity index (χ0v) is 15.4. The Labute approximate surface area is 157 Å². The summed E-state index contributed by atoms with van der Waals surface area (Å²) in [5.41, 5.74) is 1.42.